The summed E-state index contributed by atoms with van der Waals surface area (Å²) in [5, 5.41) is 6.88. The summed E-state index contributed by atoms with van der Waals surface area (Å²) in [5.41, 5.74) is 11.1. The topological polar surface area (TPSA) is 61.7 Å². The van der Waals surface area contributed by atoms with Gasteiger partial charge in [0.05, 0.1) is 27.8 Å². The highest BCUT2D eigenvalue weighted by molar-refractivity contribution is 6.16. The smallest absolute Gasteiger partial charge is 0.164 e. The zero-order valence-electron chi connectivity index (χ0n) is 30.5. The van der Waals surface area contributed by atoms with Crippen LogP contribution >= 0.6 is 0 Å². The minimum Gasteiger partial charge on any atom is -0.456 e. The number of para-hydroxylation sites is 4. The molecule has 0 bridgehead atoms. The van der Waals surface area contributed by atoms with E-state index in [4.69, 9.17) is 19.4 Å². The van der Waals surface area contributed by atoms with E-state index in [0.29, 0.717) is 17.5 Å². The van der Waals surface area contributed by atoms with Gasteiger partial charge < -0.3 is 13.6 Å². The average Bonchev–Trinajstić information content (AvgIpc) is 3.95. The van der Waals surface area contributed by atoms with E-state index in [-0.39, 0.29) is 0 Å². The Bertz CT molecular complexity index is 3490. The van der Waals surface area contributed by atoms with Gasteiger partial charge in [0.2, 0.25) is 0 Å². The summed E-state index contributed by atoms with van der Waals surface area (Å²) < 4.78 is 11.1. The van der Waals surface area contributed by atoms with Gasteiger partial charge in [0.25, 0.3) is 0 Å². The number of rotatable bonds is 5. The predicted molar refractivity (Wildman–Crippen MR) is 232 cm³/mol. The number of fused-ring (bicyclic) bond motifs is 9. The molecule has 0 amide bonds. The van der Waals surface area contributed by atoms with E-state index in [2.05, 4.69) is 137 Å². The Hall–Kier alpha value is -7.83. The van der Waals surface area contributed by atoms with Gasteiger partial charge in [0, 0.05) is 54.7 Å². The van der Waals surface area contributed by atoms with Crippen molar-refractivity contribution in [1.29, 1.82) is 0 Å². The molecule has 0 aliphatic carbocycles. The van der Waals surface area contributed by atoms with Crippen LogP contribution in [0.5, 0.6) is 0 Å². The number of benzene rings is 8. The molecule has 6 nitrogen and oxygen atoms in total. The van der Waals surface area contributed by atoms with Gasteiger partial charge >= 0.3 is 0 Å². The highest BCUT2D eigenvalue weighted by Crippen LogP contribution is 2.41. The third kappa shape index (κ3) is 4.81. The third-order valence-electron chi connectivity index (χ3n) is 11.2. The first-order valence-corrected chi connectivity index (χ1v) is 19.1. The van der Waals surface area contributed by atoms with Crippen molar-refractivity contribution < 1.29 is 4.42 Å². The van der Waals surface area contributed by atoms with Gasteiger partial charge in [-0.05, 0) is 54.6 Å². The largest absolute Gasteiger partial charge is 0.456 e. The van der Waals surface area contributed by atoms with E-state index >= 15 is 0 Å². The van der Waals surface area contributed by atoms with Crippen LogP contribution in [0.2, 0.25) is 0 Å². The van der Waals surface area contributed by atoms with Crippen molar-refractivity contribution in [2.45, 2.75) is 0 Å². The lowest BCUT2D eigenvalue weighted by atomic mass is 10.1. The molecule has 0 radical (unpaired) electrons. The summed E-state index contributed by atoms with van der Waals surface area (Å²) in [7, 11) is 0. The van der Waals surface area contributed by atoms with Crippen molar-refractivity contribution >= 4 is 65.6 Å². The second-order valence-electron chi connectivity index (χ2n) is 14.4. The Morgan fingerprint density at radius 2 is 0.895 bits per heavy atom. The summed E-state index contributed by atoms with van der Waals surface area (Å²) in [6.07, 6.45) is 0. The van der Waals surface area contributed by atoms with Crippen molar-refractivity contribution in [3.05, 3.63) is 188 Å². The lowest BCUT2D eigenvalue weighted by molar-refractivity contribution is 0.669. The van der Waals surface area contributed by atoms with Crippen LogP contribution in [0.4, 0.5) is 0 Å². The molecule has 0 spiro atoms. The van der Waals surface area contributed by atoms with Crippen LogP contribution in [0.3, 0.4) is 0 Å². The summed E-state index contributed by atoms with van der Waals surface area (Å²) in [6, 6.07) is 65.6. The molecule has 12 aromatic rings. The quantitative estimate of drug-likeness (QED) is 0.177. The van der Waals surface area contributed by atoms with Gasteiger partial charge in [0.15, 0.2) is 17.5 Å². The fraction of sp³-hybridized carbons (Fsp3) is 0. The zero-order valence-corrected chi connectivity index (χ0v) is 30.5. The Morgan fingerprint density at radius 1 is 0.351 bits per heavy atom. The molecule has 8 aromatic carbocycles. The molecular weight excluding hydrogens is 699 g/mol. The Balaban J connectivity index is 1.08. The van der Waals surface area contributed by atoms with Gasteiger partial charge in [-0.3, -0.25) is 0 Å². The average molecular weight is 730 g/mol. The van der Waals surface area contributed by atoms with Gasteiger partial charge in [-0.15, -0.1) is 0 Å². The maximum absolute atomic E-state index is 6.27. The SMILES string of the molecule is c1ccc(-c2nc(-c3cccc(-n4c5ccccc5c5c(-n6c7ccccc7c7ccccc76)cccc54)c3)nc(-c3cccc4oc5ccccc5c34)n2)cc1. The van der Waals surface area contributed by atoms with Crippen LogP contribution in [0.25, 0.3) is 111 Å². The predicted octanol–water partition coefficient (Wildman–Crippen LogP) is 13.0. The van der Waals surface area contributed by atoms with Crippen molar-refractivity contribution in [1.82, 2.24) is 24.1 Å². The summed E-state index contributed by atoms with van der Waals surface area (Å²) in [6.45, 7) is 0. The first-order valence-electron chi connectivity index (χ1n) is 19.1. The minimum absolute atomic E-state index is 0.592. The molecule has 0 saturated heterocycles. The van der Waals surface area contributed by atoms with Gasteiger partial charge in [-0.2, -0.15) is 0 Å². The molecule has 4 heterocycles. The minimum atomic E-state index is 0.592. The standard InChI is InChI=1S/C51H31N5O/c1-2-15-32(16-3-1)49-52-50(54-51(53-49)39-23-13-30-46-47(39)38-22-7-11-29-45(38)57-46)33-17-12-18-34(31-33)55-42-26-10-6-21-37(42)48-43(55)27-14-28-44(48)56-40-24-8-4-19-35(40)36-20-5-9-25-41(36)56/h1-31H. The van der Waals surface area contributed by atoms with E-state index in [0.717, 1.165) is 61.0 Å². The van der Waals surface area contributed by atoms with E-state index in [9.17, 15) is 0 Å². The highest BCUT2D eigenvalue weighted by atomic mass is 16.3. The first kappa shape index (κ1) is 31.5. The maximum Gasteiger partial charge on any atom is 0.164 e. The lowest BCUT2D eigenvalue weighted by Gasteiger charge is -2.13. The lowest BCUT2D eigenvalue weighted by Crippen LogP contribution is -2.01. The zero-order chi connectivity index (χ0) is 37.5. The second kappa shape index (κ2) is 12.3. The molecule has 0 aliphatic rings. The van der Waals surface area contributed by atoms with Crippen LogP contribution < -0.4 is 0 Å². The summed E-state index contributed by atoms with van der Waals surface area (Å²) in [4.78, 5) is 15.4. The molecule has 0 N–H and O–H groups in total. The Labute approximate surface area is 326 Å². The van der Waals surface area contributed by atoms with Gasteiger partial charge in [-0.1, -0.05) is 133 Å². The first-order chi connectivity index (χ1) is 28.3. The Kier molecular flexibility index (Phi) is 6.83. The molecule has 0 aliphatic heterocycles. The van der Waals surface area contributed by atoms with Crippen LogP contribution in [0, 0.1) is 0 Å². The van der Waals surface area contributed by atoms with Crippen molar-refractivity contribution in [3.63, 3.8) is 0 Å². The van der Waals surface area contributed by atoms with Gasteiger partial charge in [-0.25, -0.2) is 15.0 Å². The molecule has 266 valence electrons. The maximum atomic E-state index is 6.27. The van der Waals surface area contributed by atoms with Gasteiger partial charge in [0.1, 0.15) is 11.2 Å². The van der Waals surface area contributed by atoms with Crippen molar-refractivity contribution in [2.24, 2.45) is 0 Å². The number of hydrogen-bond donors (Lipinski definition) is 0. The molecule has 0 unspecified atom stereocenters. The van der Waals surface area contributed by atoms with Crippen LogP contribution in [0.15, 0.2) is 192 Å². The molecule has 4 aromatic heterocycles. The third-order valence-corrected chi connectivity index (χ3v) is 11.2. The van der Waals surface area contributed by atoms with E-state index < -0.39 is 0 Å². The van der Waals surface area contributed by atoms with Crippen LogP contribution in [-0.2, 0) is 0 Å². The number of aromatic nitrogens is 5. The monoisotopic (exact) mass is 729 g/mol. The fourth-order valence-corrected chi connectivity index (χ4v) is 8.73. The summed E-state index contributed by atoms with van der Waals surface area (Å²) in [5.74, 6) is 1.80. The highest BCUT2D eigenvalue weighted by Gasteiger charge is 2.21. The fourth-order valence-electron chi connectivity index (χ4n) is 8.73. The molecular formula is C51H31N5O. The molecule has 0 saturated carbocycles. The number of furan rings is 1. The second-order valence-corrected chi connectivity index (χ2v) is 14.4. The van der Waals surface area contributed by atoms with E-state index in [1.807, 2.05) is 60.7 Å². The summed E-state index contributed by atoms with van der Waals surface area (Å²) >= 11 is 0. The van der Waals surface area contributed by atoms with Crippen molar-refractivity contribution in [3.8, 4) is 45.5 Å². The molecule has 57 heavy (non-hydrogen) atoms. The number of nitrogens with zero attached hydrogens (tertiary/aromatic N) is 5. The van der Waals surface area contributed by atoms with Crippen LogP contribution in [0.1, 0.15) is 0 Å². The van der Waals surface area contributed by atoms with Crippen molar-refractivity contribution in [2.75, 3.05) is 0 Å². The molecule has 0 fully saturated rings. The molecule has 12 rings (SSSR count). The number of hydrogen-bond acceptors (Lipinski definition) is 4. The van der Waals surface area contributed by atoms with E-state index in [1.165, 1.54) is 32.6 Å². The Morgan fingerprint density at radius 3 is 1.67 bits per heavy atom. The van der Waals surface area contributed by atoms with E-state index in [1.54, 1.807) is 0 Å². The molecule has 0 atom stereocenters. The van der Waals surface area contributed by atoms with Crippen LogP contribution in [-0.4, -0.2) is 24.1 Å². The normalized spacial score (nSPS) is 11.9. The molecule has 6 heteroatoms.